The molecule has 1 amide bonds. The number of nitrogens with one attached hydrogen (secondary N) is 1. The molecule has 1 atom stereocenters. The van der Waals surface area contributed by atoms with Gasteiger partial charge in [0.15, 0.2) is 17.3 Å². The van der Waals surface area contributed by atoms with Crippen molar-refractivity contribution in [2.45, 2.75) is 31.9 Å². The van der Waals surface area contributed by atoms with Crippen molar-refractivity contribution in [2.75, 3.05) is 25.5 Å². The lowest BCUT2D eigenvalue weighted by Crippen LogP contribution is -2.43. The number of rotatable bonds is 3. The molecule has 0 spiro atoms. The fourth-order valence-electron chi connectivity index (χ4n) is 3.54. The minimum absolute atomic E-state index is 0.356. The third-order valence-corrected chi connectivity index (χ3v) is 5.03. The van der Waals surface area contributed by atoms with Crippen molar-refractivity contribution in [1.82, 2.24) is 14.9 Å². The Bertz CT molecular complexity index is 961. The molecule has 8 nitrogen and oxygen atoms in total. The van der Waals surface area contributed by atoms with Gasteiger partial charge in [-0.1, -0.05) is 24.3 Å². The largest absolute Gasteiger partial charge is 0.461 e. The molecule has 4 rings (SSSR count). The molecule has 8 heteroatoms. The Morgan fingerprint density at radius 1 is 1.34 bits per heavy atom. The second-order valence-corrected chi connectivity index (χ2v) is 7.31. The Morgan fingerprint density at radius 3 is 3.03 bits per heavy atom. The maximum atomic E-state index is 12.6. The molecule has 1 aromatic heterocycles. The van der Waals surface area contributed by atoms with Gasteiger partial charge in [-0.2, -0.15) is 0 Å². The van der Waals surface area contributed by atoms with E-state index in [2.05, 4.69) is 21.4 Å². The van der Waals surface area contributed by atoms with E-state index in [4.69, 9.17) is 15.2 Å². The van der Waals surface area contributed by atoms with Gasteiger partial charge in [0.05, 0.1) is 0 Å². The summed E-state index contributed by atoms with van der Waals surface area (Å²) in [5.41, 5.74) is 6.96. The minimum Gasteiger partial charge on any atom is -0.461 e. The van der Waals surface area contributed by atoms with E-state index in [1.807, 2.05) is 31.2 Å². The number of amides is 1. The first-order valence-electron chi connectivity index (χ1n) is 9.74. The van der Waals surface area contributed by atoms with Crippen molar-refractivity contribution in [2.24, 2.45) is 5.73 Å². The third-order valence-electron chi connectivity index (χ3n) is 5.03. The fourth-order valence-corrected chi connectivity index (χ4v) is 3.54. The van der Waals surface area contributed by atoms with Crippen LogP contribution in [-0.4, -0.2) is 41.1 Å². The first kappa shape index (κ1) is 19.2. The van der Waals surface area contributed by atoms with Crippen molar-refractivity contribution in [3.05, 3.63) is 53.5 Å². The van der Waals surface area contributed by atoms with Gasteiger partial charge in [-0.3, -0.25) is 5.73 Å². The first-order chi connectivity index (χ1) is 14.0. The van der Waals surface area contributed by atoms with Gasteiger partial charge in [0.1, 0.15) is 5.82 Å². The van der Waals surface area contributed by atoms with Crippen LogP contribution in [0.5, 0.6) is 11.5 Å². The van der Waals surface area contributed by atoms with E-state index in [-0.39, 0.29) is 0 Å². The molecule has 2 aromatic rings. The van der Waals surface area contributed by atoms with Crippen molar-refractivity contribution in [1.29, 1.82) is 0 Å². The van der Waals surface area contributed by atoms with Crippen LogP contribution in [0.2, 0.25) is 0 Å². The van der Waals surface area contributed by atoms with Crippen LogP contribution in [0, 0.1) is 6.92 Å². The second kappa shape index (κ2) is 7.71. The monoisotopic (exact) mass is 395 g/mol. The van der Waals surface area contributed by atoms with Crippen LogP contribution in [0.1, 0.15) is 29.9 Å². The van der Waals surface area contributed by atoms with Crippen molar-refractivity contribution >= 4 is 11.9 Å². The van der Waals surface area contributed by atoms with Gasteiger partial charge in [0, 0.05) is 43.9 Å². The van der Waals surface area contributed by atoms with E-state index in [1.165, 1.54) is 0 Å². The van der Waals surface area contributed by atoms with E-state index in [0.29, 0.717) is 42.7 Å². The number of carbonyl (C=O) groups is 1. The lowest BCUT2D eigenvalue weighted by atomic mass is 10.0. The van der Waals surface area contributed by atoms with Crippen molar-refractivity contribution in [3.8, 4) is 11.5 Å². The minimum atomic E-state index is -1.23. The highest BCUT2D eigenvalue weighted by atomic mass is 16.6. The van der Waals surface area contributed by atoms with Gasteiger partial charge >= 0.3 is 6.09 Å². The van der Waals surface area contributed by atoms with Crippen LogP contribution in [0.3, 0.4) is 0 Å². The normalized spacial score (nSPS) is 20.6. The van der Waals surface area contributed by atoms with Gasteiger partial charge in [-0.15, -0.1) is 0 Å². The fraction of sp³-hybridized carbons (Fsp3) is 0.381. The molecule has 0 saturated heterocycles. The summed E-state index contributed by atoms with van der Waals surface area (Å²) >= 11 is 0. The molecule has 3 N–H and O–H groups in total. The zero-order valence-corrected chi connectivity index (χ0v) is 16.6. The lowest BCUT2D eigenvalue weighted by Gasteiger charge is -2.23. The lowest BCUT2D eigenvalue weighted by molar-refractivity contribution is 0.0860. The number of hydrogen-bond donors (Lipinski definition) is 2. The Balaban J connectivity index is 1.58. The molecule has 0 aliphatic carbocycles. The van der Waals surface area contributed by atoms with Gasteiger partial charge in [0.25, 0.3) is 0 Å². The molecule has 152 valence electrons. The van der Waals surface area contributed by atoms with E-state index in [0.717, 1.165) is 24.1 Å². The number of allylic oxidation sites excluding steroid dienone is 1. The number of benzene rings is 1. The summed E-state index contributed by atoms with van der Waals surface area (Å²) in [6.07, 6.45) is 5.94. The Kier molecular flexibility index (Phi) is 5.10. The molecule has 2 aliphatic heterocycles. The highest BCUT2D eigenvalue weighted by Crippen LogP contribution is 2.43. The molecule has 1 unspecified atom stereocenters. The standard InChI is InChI=1S/C21H25N5O3/c1-14-12-17(23-2)25-19(24-14)21(22)13-15-8-7-9-16(18(15)29-21)28-20(27)26-10-5-3-4-6-11-26/h3,5,7-9,12H,4,6,10-11,13,22H2,1-2H3,(H,23,24,25). The highest BCUT2D eigenvalue weighted by Gasteiger charge is 2.42. The number of aryl methyl sites for hydroxylation is 1. The van der Waals surface area contributed by atoms with E-state index >= 15 is 0 Å². The molecule has 29 heavy (non-hydrogen) atoms. The first-order valence-corrected chi connectivity index (χ1v) is 9.74. The number of fused-ring (bicyclic) bond motifs is 1. The molecule has 0 fully saturated rings. The maximum absolute atomic E-state index is 12.6. The molecule has 0 bridgehead atoms. The van der Waals surface area contributed by atoms with Crippen molar-refractivity contribution in [3.63, 3.8) is 0 Å². The number of aromatic nitrogens is 2. The van der Waals surface area contributed by atoms with Crippen molar-refractivity contribution < 1.29 is 14.3 Å². The summed E-state index contributed by atoms with van der Waals surface area (Å²) in [6.45, 7) is 3.08. The predicted molar refractivity (Wildman–Crippen MR) is 109 cm³/mol. The van der Waals surface area contributed by atoms with Crippen LogP contribution in [-0.2, 0) is 12.1 Å². The summed E-state index contributed by atoms with van der Waals surface area (Å²) in [7, 11) is 1.79. The average molecular weight is 395 g/mol. The number of anilines is 1. The number of ether oxygens (including phenoxy) is 2. The zero-order chi connectivity index (χ0) is 20.4. The number of nitrogens with two attached hydrogens (primary N) is 1. The summed E-state index contributed by atoms with van der Waals surface area (Å²) in [4.78, 5) is 23.2. The molecule has 3 heterocycles. The summed E-state index contributed by atoms with van der Waals surface area (Å²) in [6, 6.07) is 7.28. The van der Waals surface area contributed by atoms with E-state index < -0.39 is 11.8 Å². The number of para-hydroxylation sites is 1. The van der Waals surface area contributed by atoms with E-state index in [9.17, 15) is 4.79 Å². The van der Waals surface area contributed by atoms with Gasteiger partial charge in [-0.05, 0) is 25.8 Å². The Hall–Kier alpha value is -3.13. The summed E-state index contributed by atoms with van der Waals surface area (Å²) in [5.74, 6) is 1.87. The molecular weight excluding hydrogens is 370 g/mol. The van der Waals surface area contributed by atoms with Crippen LogP contribution in [0.25, 0.3) is 0 Å². The summed E-state index contributed by atoms with van der Waals surface area (Å²) in [5, 5.41) is 3.01. The average Bonchev–Trinajstić information content (AvgIpc) is 2.88. The molecular formula is C21H25N5O3. The topological polar surface area (TPSA) is 103 Å². The van der Waals surface area contributed by atoms with Crippen LogP contribution < -0.4 is 20.5 Å². The quantitative estimate of drug-likeness (QED) is 0.770. The van der Waals surface area contributed by atoms with Crippen LogP contribution in [0.4, 0.5) is 10.6 Å². The highest BCUT2D eigenvalue weighted by molar-refractivity contribution is 5.72. The second-order valence-electron chi connectivity index (χ2n) is 7.31. The Labute approximate surface area is 169 Å². The predicted octanol–water partition coefficient (Wildman–Crippen LogP) is 2.72. The van der Waals surface area contributed by atoms with E-state index in [1.54, 1.807) is 18.0 Å². The number of carbonyl (C=O) groups excluding carboxylic acids is 1. The zero-order valence-electron chi connectivity index (χ0n) is 16.6. The van der Waals surface area contributed by atoms with Gasteiger partial charge in [-0.25, -0.2) is 14.8 Å². The molecule has 1 aromatic carbocycles. The molecule has 2 aliphatic rings. The maximum Gasteiger partial charge on any atom is 0.415 e. The SMILES string of the molecule is CNc1cc(C)nc(C2(N)Cc3cccc(OC(=O)N4CC=CCCC4)c3O2)n1. The molecule has 0 radical (unpaired) electrons. The van der Waals surface area contributed by atoms with Gasteiger partial charge in [0.2, 0.25) is 5.72 Å². The van der Waals surface area contributed by atoms with Crippen LogP contribution >= 0.6 is 0 Å². The number of nitrogens with zero attached hydrogens (tertiary/aromatic N) is 3. The Morgan fingerprint density at radius 2 is 2.21 bits per heavy atom. The van der Waals surface area contributed by atoms with Crippen LogP contribution in [0.15, 0.2) is 36.4 Å². The third kappa shape index (κ3) is 3.88. The number of hydrogen-bond acceptors (Lipinski definition) is 7. The smallest absolute Gasteiger partial charge is 0.415 e. The molecule has 0 saturated carbocycles. The van der Waals surface area contributed by atoms with Gasteiger partial charge < -0.3 is 19.7 Å². The summed E-state index contributed by atoms with van der Waals surface area (Å²) < 4.78 is 11.8.